The van der Waals surface area contributed by atoms with E-state index >= 15 is 0 Å². The Bertz CT molecular complexity index is 1950. The first-order valence-electron chi connectivity index (χ1n) is 18.9. The first-order chi connectivity index (χ1) is 25.5. The minimum absolute atomic E-state index is 0.00712. The maximum Gasteiger partial charge on any atom is 0.338 e. The molecule has 0 saturated heterocycles. The van der Waals surface area contributed by atoms with Gasteiger partial charge in [0, 0.05) is 34.0 Å². The highest BCUT2D eigenvalue weighted by atomic mass is 16.6. The zero-order valence-electron chi connectivity index (χ0n) is 31.7. The third-order valence-corrected chi connectivity index (χ3v) is 15.3. The quantitative estimate of drug-likeness (QED) is 0.152. The van der Waals surface area contributed by atoms with E-state index in [2.05, 4.69) is 11.7 Å². The SMILES string of the molecule is C/C=C(\C)C(=O)OC[C@@]1(O)[C@@H]2C[C@@H]2[C@]2(C)[C@H]1CC1=C(COC(=O)CCC(=O)OC)C(=O)O[C@]13[C@H]1C4=C(C[C@@H]32)[C@@H]2C[C@@H]2[C@@]4(C)[C@H](O)C(=O)/C1=C(/C)C(=O)OC. The Hall–Kier alpha value is -4.10. The predicted molar refractivity (Wildman–Crippen MR) is 185 cm³/mol. The summed E-state index contributed by atoms with van der Waals surface area (Å²) in [6.45, 7) is 8.14. The highest BCUT2D eigenvalue weighted by Crippen LogP contribution is 2.83. The van der Waals surface area contributed by atoms with Crippen molar-refractivity contribution < 1.29 is 62.7 Å². The van der Waals surface area contributed by atoms with Crippen molar-refractivity contribution in [1.82, 2.24) is 0 Å². The highest BCUT2D eigenvalue weighted by Gasteiger charge is 2.84. The molecule has 7 aliphatic carbocycles. The molecule has 12 atom stereocenters. The molecule has 0 aromatic carbocycles. The fourth-order valence-corrected chi connectivity index (χ4v) is 12.5. The van der Waals surface area contributed by atoms with Crippen molar-refractivity contribution in [3.8, 4) is 0 Å². The number of fused-ring (bicyclic) bond motifs is 7. The van der Waals surface area contributed by atoms with Gasteiger partial charge in [-0.3, -0.25) is 14.4 Å². The van der Waals surface area contributed by atoms with E-state index in [4.69, 9.17) is 18.9 Å². The summed E-state index contributed by atoms with van der Waals surface area (Å²) in [6.07, 6.45) is 1.75. The van der Waals surface area contributed by atoms with Gasteiger partial charge in [0.25, 0.3) is 0 Å². The molecular weight excluding hydrogens is 700 g/mol. The first kappa shape index (κ1) is 36.9. The van der Waals surface area contributed by atoms with Gasteiger partial charge in [0.2, 0.25) is 0 Å². The van der Waals surface area contributed by atoms with Gasteiger partial charge in [0.05, 0.1) is 38.6 Å². The van der Waals surface area contributed by atoms with Crippen molar-refractivity contribution in [2.24, 2.45) is 52.3 Å². The predicted octanol–water partition coefficient (Wildman–Crippen LogP) is 3.01. The van der Waals surface area contributed by atoms with Crippen LogP contribution in [-0.2, 0) is 52.5 Å². The molecule has 0 amide bonds. The van der Waals surface area contributed by atoms with E-state index in [-0.39, 0.29) is 66.3 Å². The van der Waals surface area contributed by atoms with E-state index < -0.39 is 88.1 Å². The lowest BCUT2D eigenvalue weighted by Gasteiger charge is -2.63. The molecule has 0 bridgehead atoms. The zero-order chi connectivity index (χ0) is 39.0. The number of ether oxygens (including phenoxy) is 5. The van der Waals surface area contributed by atoms with Crippen LogP contribution in [0, 0.1) is 52.3 Å². The van der Waals surface area contributed by atoms with Gasteiger partial charge in [-0.25, -0.2) is 14.4 Å². The molecule has 1 spiro atoms. The minimum atomic E-state index is -1.52. The molecule has 5 saturated carbocycles. The molecule has 0 radical (unpaired) electrons. The second kappa shape index (κ2) is 11.9. The number of hydrogen-bond acceptors (Lipinski definition) is 13. The highest BCUT2D eigenvalue weighted by molar-refractivity contribution is 6.09. The lowest BCUT2D eigenvalue weighted by atomic mass is 9.42. The van der Waals surface area contributed by atoms with Crippen LogP contribution in [0.2, 0.25) is 0 Å². The Morgan fingerprint density at radius 1 is 0.907 bits per heavy atom. The average Bonchev–Trinajstić information content (AvgIpc) is 4.08. The number of ketones is 1. The number of esters is 5. The average molecular weight is 749 g/mol. The molecule has 0 unspecified atom stereocenters. The lowest BCUT2D eigenvalue weighted by molar-refractivity contribution is -0.191. The third kappa shape index (κ3) is 4.51. The number of carbonyl (C=O) groups is 6. The molecule has 2 N–H and O–H groups in total. The van der Waals surface area contributed by atoms with Crippen molar-refractivity contribution in [3.05, 3.63) is 45.1 Å². The van der Waals surface area contributed by atoms with E-state index in [9.17, 15) is 39.0 Å². The summed E-state index contributed by atoms with van der Waals surface area (Å²) in [6, 6.07) is 0. The minimum Gasteiger partial charge on any atom is -0.469 e. The van der Waals surface area contributed by atoms with Crippen LogP contribution >= 0.6 is 0 Å². The molecule has 290 valence electrons. The molecule has 0 aromatic heterocycles. The van der Waals surface area contributed by atoms with Gasteiger partial charge in [0.1, 0.15) is 30.5 Å². The number of allylic oxidation sites excluding steroid dienone is 2. The summed E-state index contributed by atoms with van der Waals surface area (Å²) in [5, 5.41) is 24.6. The van der Waals surface area contributed by atoms with Gasteiger partial charge in [-0.05, 0) is 86.7 Å². The van der Waals surface area contributed by atoms with Gasteiger partial charge in [-0.1, -0.05) is 25.5 Å². The van der Waals surface area contributed by atoms with Gasteiger partial charge in [-0.2, -0.15) is 0 Å². The third-order valence-electron chi connectivity index (χ3n) is 15.3. The molecule has 13 nitrogen and oxygen atoms in total. The van der Waals surface area contributed by atoms with Crippen LogP contribution in [0.15, 0.2) is 45.1 Å². The van der Waals surface area contributed by atoms with Crippen LogP contribution in [0.3, 0.4) is 0 Å². The van der Waals surface area contributed by atoms with Crippen molar-refractivity contribution in [1.29, 1.82) is 0 Å². The molecule has 1 aliphatic heterocycles. The zero-order valence-corrected chi connectivity index (χ0v) is 31.7. The molecular formula is C41H48O13. The van der Waals surface area contributed by atoms with Crippen molar-refractivity contribution >= 4 is 35.6 Å². The van der Waals surface area contributed by atoms with E-state index in [0.717, 1.165) is 17.6 Å². The first-order valence-corrected chi connectivity index (χ1v) is 18.9. The number of aliphatic hydroxyl groups is 2. The van der Waals surface area contributed by atoms with E-state index in [1.165, 1.54) is 21.1 Å². The van der Waals surface area contributed by atoms with Crippen LogP contribution in [-0.4, -0.2) is 90.6 Å². The van der Waals surface area contributed by atoms with E-state index in [0.29, 0.717) is 24.0 Å². The molecule has 5 fully saturated rings. The second-order valence-electron chi connectivity index (χ2n) is 17.1. The number of Topliss-reactive ketones (excluding diaryl/α,β-unsaturated/α-hetero) is 1. The number of aliphatic hydroxyl groups excluding tert-OH is 1. The van der Waals surface area contributed by atoms with E-state index in [1.807, 2.05) is 6.92 Å². The van der Waals surface area contributed by atoms with Crippen LogP contribution in [0.1, 0.15) is 73.1 Å². The topological polar surface area (TPSA) is 189 Å². The number of carbonyl (C=O) groups excluding carboxylic acids is 6. The number of rotatable bonds is 9. The fourth-order valence-electron chi connectivity index (χ4n) is 12.5. The Morgan fingerprint density at radius 2 is 1.61 bits per heavy atom. The van der Waals surface area contributed by atoms with Crippen LogP contribution in [0.5, 0.6) is 0 Å². The van der Waals surface area contributed by atoms with Gasteiger partial charge in [-0.15, -0.1) is 0 Å². The normalized spacial score (nSPS) is 42.8. The molecule has 0 aromatic rings. The fraction of sp³-hybridized carbons (Fsp3) is 0.659. The molecule has 54 heavy (non-hydrogen) atoms. The molecule has 8 rings (SSSR count). The maximum atomic E-state index is 14.6. The van der Waals surface area contributed by atoms with Crippen LogP contribution in [0.4, 0.5) is 0 Å². The summed E-state index contributed by atoms with van der Waals surface area (Å²) in [4.78, 5) is 79.8. The van der Waals surface area contributed by atoms with Crippen molar-refractivity contribution in [3.63, 3.8) is 0 Å². The van der Waals surface area contributed by atoms with Crippen molar-refractivity contribution in [2.75, 3.05) is 27.4 Å². The maximum absolute atomic E-state index is 14.6. The number of methoxy groups -OCH3 is 2. The molecule has 1 heterocycles. The Kier molecular flexibility index (Phi) is 8.16. The summed E-state index contributed by atoms with van der Waals surface area (Å²) in [5.41, 5.74) is -1.71. The lowest BCUT2D eigenvalue weighted by Crippen LogP contribution is -2.67. The van der Waals surface area contributed by atoms with Crippen molar-refractivity contribution in [2.45, 2.75) is 90.4 Å². The summed E-state index contributed by atoms with van der Waals surface area (Å²) < 4.78 is 27.9. The monoisotopic (exact) mass is 748 g/mol. The van der Waals surface area contributed by atoms with Crippen LogP contribution < -0.4 is 0 Å². The largest absolute Gasteiger partial charge is 0.469 e. The summed E-state index contributed by atoms with van der Waals surface area (Å²) in [7, 11) is 2.43. The number of hydrogen-bond donors (Lipinski definition) is 2. The van der Waals surface area contributed by atoms with Gasteiger partial charge >= 0.3 is 29.8 Å². The Balaban J connectivity index is 1.32. The smallest absolute Gasteiger partial charge is 0.338 e. The van der Waals surface area contributed by atoms with Crippen LogP contribution in [0.25, 0.3) is 0 Å². The Morgan fingerprint density at radius 3 is 2.28 bits per heavy atom. The van der Waals surface area contributed by atoms with E-state index in [1.54, 1.807) is 19.9 Å². The summed E-state index contributed by atoms with van der Waals surface area (Å²) in [5.74, 6) is -6.07. The van der Waals surface area contributed by atoms with Gasteiger partial charge < -0.3 is 33.9 Å². The second-order valence-corrected chi connectivity index (χ2v) is 17.1. The standard InChI is InChI=1S/C41H48O13/c1-8-17(2)35(46)53-16-40(49)25-13-24(25)38(4)26(40)14-23-21(15-52-29(43)10-9-28(42)50-6)37(48)54-41(23)27(38)12-20-19-11-22(19)39(5)31(20)32(41)30(33(44)34(39)45)18(3)36(47)51-7/h8,19,22,24-27,32,34,45,49H,9-16H2,1-7H3/b17-8+,30-18-/t19-,22-,24-,25+,26+,27+,32+,34+,38+,39+,40+,41+/m0/s1. The van der Waals surface area contributed by atoms with Gasteiger partial charge in [0.15, 0.2) is 5.78 Å². The Labute approximate surface area is 313 Å². The molecule has 13 heteroatoms. The molecule has 8 aliphatic rings. The summed E-state index contributed by atoms with van der Waals surface area (Å²) >= 11 is 0.